The Morgan fingerprint density at radius 2 is 1.97 bits per heavy atom. The lowest BCUT2D eigenvalue weighted by Crippen LogP contribution is -2.51. The summed E-state index contributed by atoms with van der Waals surface area (Å²) in [4.78, 5) is 14.7. The molecule has 6 nitrogen and oxygen atoms in total. The van der Waals surface area contributed by atoms with Gasteiger partial charge in [0.1, 0.15) is 0 Å². The lowest BCUT2D eigenvalue weighted by molar-refractivity contribution is -0.123. The van der Waals surface area contributed by atoms with Crippen LogP contribution in [0.3, 0.4) is 0 Å². The number of carbonyl (C=O) groups is 1. The molecule has 6 heteroatoms. The lowest BCUT2D eigenvalue weighted by Gasteiger charge is -2.50. The SMILES string of the molecule is COc1ccccc1OCC(=O)N/N=C/c1cc2c(cc1C)N(C(C)C)C(C)(C)C[C@@H]2C. The summed E-state index contributed by atoms with van der Waals surface area (Å²) in [5, 5.41) is 4.16. The molecule has 2 aromatic rings. The number of carbonyl (C=O) groups excluding carboxylic acids is 1. The van der Waals surface area contributed by atoms with Crippen LogP contribution in [0.25, 0.3) is 0 Å². The van der Waals surface area contributed by atoms with Crippen molar-refractivity contribution in [3.63, 3.8) is 0 Å². The fraction of sp³-hybridized carbons (Fsp3) is 0.462. The van der Waals surface area contributed by atoms with Crippen LogP contribution >= 0.6 is 0 Å². The van der Waals surface area contributed by atoms with E-state index in [-0.39, 0.29) is 18.1 Å². The van der Waals surface area contributed by atoms with Gasteiger partial charge in [0, 0.05) is 17.3 Å². The Balaban J connectivity index is 1.70. The number of amides is 1. The molecule has 0 fully saturated rings. The summed E-state index contributed by atoms with van der Waals surface area (Å²) in [5.74, 6) is 1.22. The van der Waals surface area contributed by atoms with Crippen LogP contribution in [-0.4, -0.2) is 37.4 Å². The van der Waals surface area contributed by atoms with E-state index in [0.717, 1.165) is 17.5 Å². The second kappa shape index (κ2) is 9.63. The zero-order valence-corrected chi connectivity index (χ0v) is 20.2. The minimum atomic E-state index is -0.330. The highest BCUT2D eigenvalue weighted by Gasteiger charge is 2.37. The molecule has 1 N–H and O–H groups in total. The maximum Gasteiger partial charge on any atom is 0.277 e. The Bertz CT molecular complexity index is 998. The fourth-order valence-electron chi connectivity index (χ4n) is 4.82. The van der Waals surface area contributed by atoms with Crippen LogP contribution in [0.1, 0.15) is 63.6 Å². The van der Waals surface area contributed by atoms with Crippen molar-refractivity contribution in [1.29, 1.82) is 0 Å². The maximum atomic E-state index is 12.2. The molecule has 1 aliphatic heterocycles. The molecule has 0 saturated carbocycles. The summed E-state index contributed by atoms with van der Waals surface area (Å²) >= 11 is 0. The Hall–Kier alpha value is -3.02. The zero-order valence-electron chi connectivity index (χ0n) is 20.2. The summed E-state index contributed by atoms with van der Waals surface area (Å²) in [6, 6.07) is 12.1. The normalized spacial score (nSPS) is 17.4. The van der Waals surface area contributed by atoms with Crippen molar-refractivity contribution in [3.8, 4) is 11.5 Å². The molecular weight excluding hydrogens is 402 g/mol. The third-order valence-electron chi connectivity index (χ3n) is 6.00. The molecule has 0 aromatic heterocycles. The second-order valence-corrected chi connectivity index (χ2v) is 9.38. The molecule has 1 heterocycles. The van der Waals surface area contributed by atoms with Gasteiger partial charge in [0.15, 0.2) is 18.1 Å². The van der Waals surface area contributed by atoms with Crippen molar-refractivity contribution in [2.24, 2.45) is 5.10 Å². The molecule has 32 heavy (non-hydrogen) atoms. The second-order valence-electron chi connectivity index (χ2n) is 9.38. The van der Waals surface area contributed by atoms with E-state index in [4.69, 9.17) is 9.47 Å². The van der Waals surface area contributed by atoms with Crippen LogP contribution in [0.4, 0.5) is 5.69 Å². The average molecular weight is 438 g/mol. The number of anilines is 1. The van der Waals surface area contributed by atoms with Crippen LogP contribution in [0.5, 0.6) is 11.5 Å². The zero-order chi connectivity index (χ0) is 23.5. The number of fused-ring (bicyclic) bond motifs is 1. The number of hydrogen-bond acceptors (Lipinski definition) is 5. The molecule has 0 bridgehead atoms. The molecule has 0 aliphatic carbocycles. The predicted octanol–water partition coefficient (Wildman–Crippen LogP) is 5.03. The smallest absolute Gasteiger partial charge is 0.277 e. The first kappa shape index (κ1) is 23.6. The largest absolute Gasteiger partial charge is 0.493 e. The van der Waals surface area contributed by atoms with Crippen molar-refractivity contribution in [3.05, 3.63) is 53.1 Å². The standard InChI is InChI=1S/C26H35N3O3/c1-17(2)29-22-12-18(3)20(13-21(22)19(4)14-26(29,5)6)15-27-28-25(30)16-32-24-11-9-8-10-23(24)31-7/h8-13,15,17,19H,14,16H2,1-7H3,(H,28,30)/b27-15+/t19-/m0/s1. The molecular formula is C26H35N3O3. The van der Waals surface area contributed by atoms with E-state index < -0.39 is 0 Å². The quantitative estimate of drug-likeness (QED) is 0.487. The summed E-state index contributed by atoms with van der Waals surface area (Å²) in [7, 11) is 1.57. The Morgan fingerprint density at radius 3 is 2.62 bits per heavy atom. The van der Waals surface area contributed by atoms with Gasteiger partial charge in [-0.3, -0.25) is 4.79 Å². The number of hydrogen-bond donors (Lipinski definition) is 1. The third kappa shape index (κ3) is 5.06. The van der Waals surface area contributed by atoms with Crippen molar-refractivity contribution < 1.29 is 14.3 Å². The summed E-state index contributed by atoms with van der Waals surface area (Å²) < 4.78 is 10.8. The Kier molecular flexibility index (Phi) is 7.12. The van der Waals surface area contributed by atoms with Gasteiger partial charge in [0.2, 0.25) is 0 Å². The molecule has 0 spiro atoms. The summed E-state index contributed by atoms with van der Waals surface area (Å²) in [5.41, 5.74) is 7.42. The number of aryl methyl sites for hydroxylation is 1. The van der Waals surface area contributed by atoms with Crippen molar-refractivity contribution in [2.45, 2.75) is 65.5 Å². The van der Waals surface area contributed by atoms with Crippen LogP contribution < -0.4 is 19.8 Å². The van der Waals surface area contributed by atoms with E-state index in [1.54, 1.807) is 25.5 Å². The Morgan fingerprint density at radius 1 is 1.28 bits per heavy atom. The number of hydrazone groups is 1. The van der Waals surface area contributed by atoms with Gasteiger partial charge in [0.05, 0.1) is 13.3 Å². The number of methoxy groups -OCH3 is 1. The van der Waals surface area contributed by atoms with Crippen LogP contribution in [0.15, 0.2) is 41.5 Å². The molecule has 0 saturated heterocycles. The molecule has 2 aromatic carbocycles. The first-order valence-electron chi connectivity index (χ1n) is 11.2. The van der Waals surface area contributed by atoms with E-state index in [9.17, 15) is 4.79 Å². The van der Waals surface area contributed by atoms with E-state index in [0.29, 0.717) is 23.5 Å². The first-order chi connectivity index (χ1) is 15.1. The highest BCUT2D eigenvalue weighted by Crippen LogP contribution is 2.45. The van der Waals surface area contributed by atoms with E-state index in [2.05, 4.69) is 69.1 Å². The van der Waals surface area contributed by atoms with Gasteiger partial charge < -0.3 is 14.4 Å². The lowest BCUT2D eigenvalue weighted by atomic mass is 9.78. The molecule has 1 atom stereocenters. The highest BCUT2D eigenvalue weighted by molar-refractivity contribution is 5.86. The number of nitrogens with zero attached hydrogens (tertiary/aromatic N) is 2. The number of ether oxygens (including phenoxy) is 2. The predicted molar refractivity (Wildman–Crippen MR) is 130 cm³/mol. The molecule has 1 amide bonds. The van der Waals surface area contributed by atoms with Gasteiger partial charge in [-0.2, -0.15) is 5.10 Å². The number of rotatable bonds is 7. The van der Waals surface area contributed by atoms with E-state index in [1.807, 2.05) is 12.1 Å². The number of benzene rings is 2. The van der Waals surface area contributed by atoms with Crippen molar-refractivity contribution in [2.75, 3.05) is 18.6 Å². The highest BCUT2D eigenvalue weighted by atomic mass is 16.5. The summed E-state index contributed by atoms with van der Waals surface area (Å²) in [6.07, 6.45) is 2.80. The Labute approximate surface area is 191 Å². The number of para-hydroxylation sites is 2. The van der Waals surface area contributed by atoms with Gasteiger partial charge in [-0.15, -0.1) is 0 Å². The van der Waals surface area contributed by atoms with Crippen molar-refractivity contribution in [1.82, 2.24) is 5.43 Å². The molecule has 0 radical (unpaired) electrons. The fourth-order valence-corrected chi connectivity index (χ4v) is 4.82. The van der Waals surface area contributed by atoms with Crippen molar-refractivity contribution >= 4 is 17.8 Å². The van der Waals surface area contributed by atoms with Gasteiger partial charge in [0.25, 0.3) is 5.91 Å². The monoisotopic (exact) mass is 437 g/mol. The van der Waals surface area contributed by atoms with E-state index >= 15 is 0 Å². The first-order valence-corrected chi connectivity index (χ1v) is 11.2. The van der Waals surface area contributed by atoms with Gasteiger partial charge in [-0.25, -0.2) is 5.43 Å². The van der Waals surface area contributed by atoms with Gasteiger partial charge in [-0.1, -0.05) is 19.1 Å². The van der Waals surface area contributed by atoms with E-state index in [1.165, 1.54) is 11.3 Å². The molecule has 172 valence electrons. The van der Waals surface area contributed by atoms with Gasteiger partial charge >= 0.3 is 0 Å². The average Bonchev–Trinajstić information content (AvgIpc) is 2.72. The maximum absolute atomic E-state index is 12.2. The number of nitrogens with one attached hydrogen (secondary N) is 1. The molecule has 0 unspecified atom stereocenters. The minimum absolute atomic E-state index is 0.109. The third-order valence-corrected chi connectivity index (χ3v) is 6.00. The van der Waals surface area contributed by atoms with Crippen LogP contribution in [-0.2, 0) is 4.79 Å². The summed E-state index contributed by atoms with van der Waals surface area (Å²) in [6.45, 7) is 13.4. The minimum Gasteiger partial charge on any atom is -0.493 e. The molecule has 3 rings (SSSR count). The topological polar surface area (TPSA) is 63.2 Å². The van der Waals surface area contributed by atoms with Crippen LogP contribution in [0, 0.1) is 6.92 Å². The van der Waals surface area contributed by atoms with Gasteiger partial charge in [-0.05, 0) is 87.9 Å². The van der Waals surface area contributed by atoms with Crippen LogP contribution in [0.2, 0.25) is 0 Å². The molecule has 1 aliphatic rings.